The van der Waals surface area contributed by atoms with E-state index in [1.54, 1.807) is 18.1 Å². The van der Waals surface area contributed by atoms with Crippen LogP contribution in [0.3, 0.4) is 0 Å². The van der Waals surface area contributed by atoms with Gasteiger partial charge in [0.15, 0.2) is 0 Å². The number of urea groups is 1. The molecule has 0 unspecified atom stereocenters. The standard InChI is InChI=1S/C21H21ClN4O3/c1-28-16-8-6-15(7-9-16)23-21(27)26-12-10-14(11-13-26)20-24-19(25-29-20)17-4-2-3-5-18(17)22/h2-9,14H,10-13H2,1H3,(H,23,27). The third kappa shape index (κ3) is 4.35. The van der Waals surface area contributed by atoms with Crippen molar-refractivity contribution >= 4 is 23.3 Å². The number of ether oxygens (including phenoxy) is 1. The lowest BCUT2D eigenvalue weighted by Gasteiger charge is -2.30. The number of likely N-dealkylation sites (tertiary alicyclic amines) is 1. The Balaban J connectivity index is 1.34. The number of hydrogen-bond acceptors (Lipinski definition) is 5. The van der Waals surface area contributed by atoms with E-state index in [-0.39, 0.29) is 11.9 Å². The molecule has 3 aromatic rings. The van der Waals surface area contributed by atoms with Gasteiger partial charge in [0.05, 0.1) is 12.1 Å². The zero-order valence-electron chi connectivity index (χ0n) is 16.0. The van der Waals surface area contributed by atoms with E-state index in [0.29, 0.717) is 29.8 Å². The maximum Gasteiger partial charge on any atom is 0.321 e. The van der Waals surface area contributed by atoms with Gasteiger partial charge < -0.3 is 19.5 Å². The molecule has 2 amide bonds. The van der Waals surface area contributed by atoms with Crippen molar-refractivity contribution in [1.82, 2.24) is 15.0 Å². The molecule has 0 aliphatic carbocycles. The molecule has 0 bridgehead atoms. The van der Waals surface area contributed by atoms with Gasteiger partial charge in [-0.3, -0.25) is 0 Å². The van der Waals surface area contributed by atoms with Crippen molar-refractivity contribution in [2.75, 3.05) is 25.5 Å². The van der Waals surface area contributed by atoms with Crippen LogP contribution in [0.15, 0.2) is 53.1 Å². The zero-order chi connectivity index (χ0) is 20.2. The average Bonchev–Trinajstić information content (AvgIpc) is 3.25. The lowest BCUT2D eigenvalue weighted by Crippen LogP contribution is -2.40. The summed E-state index contributed by atoms with van der Waals surface area (Å²) in [4.78, 5) is 18.8. The quantitative estimate of drug-likeness (QED) is 0.665. The van der Waals surface area contributed by atoms with Crippen LogP contribution in [0.4, 0.5) is 10.5 Å². The molecule has 1 fully saturated rings. The molecular weight excluding hydrogens is 392 g/mol. The predicted molar refractivity (Wildman–Crippen MR) is 110 cm³/mol. The molecule has 1 saturated heterocycles. The molecule has 7 nitrogen and oxygen atoms in total. The second kappa shape index (κ2) is 8.53. The van der Waals surface area contributed by atoms with Gasteiger partial charge in [-0.15, -0.1) is 0 Å². The van der Waals surface area contributed by atoms with E-state index in [1.165, 1.54) is 0 Å². The molecule has 4 rings (SSSR count). The SMILES string of the molecule is COc1ccc(NC(=O)N2CCC(c3nc(-c4ccccc4Cl)no3)CC2)cc1. The van der Waals surface area contributed by atoms with Crippen molar-refractivity contribution < 1.29 is 14.1 Å². The minimum atomic E-state index is -0.115. The Hall–Kier alpha value is -3.06. The van der Waals surface area contributed by atoms with Crippen LogP contribution < -0.4 is 10.1 Å². The monoisotopic (exact) mass is 412 g/mol. The summed E-state index contributed by atoms with van der Waals surface area (Å²) in [6, 6.07) is 14.6. The molecule has 150 valence electrons. The Morgan fingerprint density at radius 1 is 1.17 bits per heavy atom. The normalized spacial score (nSPS) is 14.6. The molecule has 1 aliphatic heterocycles. The summed E-state index contributed by atoms with van der Waals surface area (Å²) in [6.45, 7) is 1.24. The fourth-order valence-corrected chi connectivity index (χ4v) is 3.58. The van der Waals surface area contributed by atoms with Crippen LogP contribution >= 0.6 is 11.6 Å². The highest BCUT2D eigenvalue weighted by atomic mass is 35.5. The second-order valence-electron chi connectivity index (χ2n) is 6.86. The molecule has 29 heavy (non-hydrogen) atoms. The van der Waals surface area contributed by atoms with Crippen LogP contribution in [0, 0.1) is 0 Å². The maximum absolute atomic E-state index is 12.5. The van der Waals surface area contributed by atoms with Gasteiger partial charge in [0, 0.05) is 30.3 Å². The highest BCUT2D eigenvalue weighted by Gasteiger charge is 2.28. The predicted octanol–water partition coefficient (Wildman–Crippen LogP) is 4.81. The minimum absolute atomic E-state index is 0.115. The van der Waals surface area contributed by atoms with E-state index >= 15 is 0 Å². The summed E-state index contributed by atoms with van der Waals surface area (Å²) in [6.07, 6.45) is 1.53. The minimum Gasteiger partial charge on any atom is -0.497 e. The largest absolute Gasteiger partial charge is 0.497 e. The highest BCUT2D eigenvalue weighted by molar-refractivity contribution is 6.33. The van der Waals surface area contributed by atoms with Gasteiger partial charge >= 0.3 is 6.03 Å². The number of piperidine rings is 1. The number of anilines is 1. The average molecular weight is 413 g/mol. The molecule has 2 heterocycles. The molecule has 2 aromatic carbocycles. The van der Waals surface area contributed by atoms with Gasteiger partial charge in [-0.05, 0) is 49.2 Å². The van der Waals surface area contributed by atoms with Crippen molar-refractivity contribution in [3.63, 3.8) is 0 Å². The third-order valence-electron chi connectivity index (χ3n) is 5.03. The van der Waals surface area contributed by atoms with E-state index in [2.05, 4.69) is 15.5 Å². The van der Waals surface area contributed by atoms with Crippen LogP contribution in [0.25, 0.3) is 11.4 Å². The van der Waals surface area contributed by atoms with E-state index in [0.717, 1.165) is 29.8 Å². The number of halogens is 1. The van der Waals surface area contributed by atoms with E-state index < -0.39 is 0 Å². The number of carbonyl (C=O) groups excluding carboxylic acids is 1. The van der Waals surface area contributed by atoms with Crippen LogP contribution in [0.1, 0.15) is 24.7 Å². The molecule has 0 atom stereocenters. The first-order valence-electron chi connectivity index (χ1n) is 9.42. The lowest BCUT2D eigenvalue weighted by molar-refractivity contribution is 0.187. The Morgan fingerprint density at radius 2 is 1.90 bits per heavy atom. The van der Waals surface area contributed by atoms with Gasteiger partial charge in [0.2, 0.25) is 11.7 Å². The number of nitrogens with zero attached hydrogens (tertiary/aromatic N) is 3. The number of aromatic nitrogens is 2. The first kappa shape index (κ1) is 19.3. The van der Waals surface area contributed by atoms with Crippen molar-refractivity contribution in [1.29, 1.82) is 0 Å². The van der Waals surface area contributed by atoms with Gasteiger partial charge in [0.25, 0.3) is 0 Å². The summed E-state index contributed by atoms with van der Waals surface area (Å²) in [5, 5.41) is 7.58. The van der Waals surface area contributed by atoms with E-state index in [4.69, 9.17) is 20.9 Å². The van der Waals surface area contributed by atoms with Gasteiger partial charge in [-0.2, -0.15) is 4.98 Å². The highest BCUT2D eigenvalue weighted by Crippen LogP contribution is 2.31. The number of benzene rings is 2. The van der Waals surface area contributed by atoms with Crippen LogP contribution in [-0.4, -0.2) is 41.3 Å². The summed E-state index contributed by atoms with van der Waals surface area (Å²) in [7, 11) is 1.61. The topological polar surface area (TPSA) is 80.5 Å². The fraction of sp³-hybridized carbons (Fsp3) is 0.286. The first-order valence-corrected chi connectivity index (χ1v) is 9.80. The van der Waals surface area contributed by atoms with Crippen LogP contribution in [-0.2, 0) is 0 Å². The maximum atomic E-state index is 12.5. The van der Waals surface area contributed by atoms with Gasteiger partial charge in [-0.1, -0.05) is 28.9 Å². The molecule has 0 saturated carbocycles. The molecule has 1 aliphatic rings. The number of carbonyl (C=O) groups is 1. The molecule has 1 N–H and O–H groups in total. The molecule has 8 heteroatoms. The summed E-state index contributed by atoms with van der Waals surface area (Å²) in [5.74, 6) is 1.96. The molecule has 0 spiro atoms. The smallest absolute Gasteiger partial charge is 0.321 e. The number of nitrogens with one attached hydrogen (secondary N) is 1. The van der Waals surface area contributed by atoms with E-state index in [9.17, 15) is 4.79 Å². The number of rotatable bonds is 4. The van der Waals surface area contributed by atoms with Crippen molar-refractivity contribution in [2.24, 2.45) is 0 Å². The third-order valence-corrected chi connectivity index (χ3v) is 5.36. The zero-order valence-corrected chi connectivity index (χ0v) is 16.7. The van der Waals surface area contributed by atoms with Gasteiger partial charge in [-0.25, -0.2) is 4.79 Å². The van der Waals surface area contributed by atoms with Crippen LogP contribution in [0.5, 0.6) is 5.75 Å². The Morgan fingerprint density at radius 3 is 2.59 bits per heavy atom. The Kier molecular flexibility index (Phi) is 5.67. The Labute approximate surface area is 173 Å². The first-order chi connectivity index (χ1) is 14.1. The summed E-state index contributed by atoms with van der Waals surface area (Å²) in [5.41, 5.74) is 1.49. The van der Waals surface area contributed by atoms with Crippen LogP contribution in [0.2, 0.25) is 5.02 Å². The number of hydrogen-bond donors (Lipinski definition) is 1. The molecular formula is C21H21ClN4O3. The summed E-state index contributed by atoms with van der Waals surface area (Å²) >= 11 is 6.21. The lowest BCUT2D eigenvalue weighted by atomic mass is 9.97. The van der Waals surface area contributed by atoms with Crippen molar-refractivity contribution in [3.8, 4) is 17.1 Å². The Bertz CT molecular complexity index is 982. The van der Waals surface area contributed by atoms with Crippen molar-refractivity contribution in [3.05, 3.63) is 59.4 Å². The van der Waals surface area contributed by atoms with Crippen molar-refractivity contribution in [2.45, 2.75) is 18.8 Å². The van der Waals surface area contributed by atoms with Gasteiger partial charge in [0.1, 0.15) is 5.75 Å². The second-order valence-corrected chi connectivity index (χ2v) is 7.26. The number of amides is 2. The molecule has 1 aromatic heterocycles. The van der Waals surface area contributed by atoms with E-state index in [1.807, 2.05) is 42.5 Å². The fourth-order valence-electron chi connectivity index (χ4n) is 3.36. The number of methoxy groups -OCH3 is 1. The summed E-state index contributed by atoms with van der Waals surface area (Å²) < 4.78 is 10.6. The molecule has 0 radical (unpaired) electrons.